The molecule has 0 amide bonds. The largest absolute Gasteiger partial charge is 0.283 e. The van der Waals surface area contributed by atoms with Crippen molar-refractivity contribution in [2.24, 2.45) is 0 Å². The van der Waals surface area contributed by atoms with Crippen LogP contribution in [0.5, 0.6) is 0 Å². The van der Waals surface area contributed by atoms with Crippen LogP contribution in [0.15, 0.2) is 0 Å². The van der Waals surface area contributed by atoms with Gasteiger partial charge in [0.05, 0.1) is 5.75 Å². The first-order valence-corrected chi connectivity index (χ1v) is 6.23. The number of rotatable bonds is 7. The summed E-state index contributed by atoms with van der Waals surface area (Å²) in [6.45, 7) is 4.33. The predicted molar refractivity (Wildman–Crippen MR) is 52.7 cm³/mol. The van der Waals surface area contributed by atoms with E-state index in [0.29, 0.717) is 6.54 Å². The van der Waals surface area contributed by atoms with Crippen molar-refractivity contribution in [3.63, 3.8) is 0 Å². The number of nitrogens with zero attached hydrogens (tertiary/aromatic N) is 1. The fraction of sp³-hybridized carbons (Fsp3) is 1.00. The molecule has 0 saturated carbocycles. The third-order valence-corrected chi connectivity index (χ3v) is 2.86. The Morgan fingerprint density at radius 2 is 1.85 bits per heavy atom. The minimum absolute atomic E-state index is 0.0190. The summed E-state index contributed by atoms with van der Waals surface area (Å²) >= 11 is 0. The topological polar surface area (TPSA) is 46.6 Å². The molecule has 0 rings (SSSR count). The van der Waals surface area contributed by atoms with Crippen LogP contribution in [0.25, 0.3) is 0 Å². The molecule has 5 heteroatoms. The number of unbranched alkanes of at least 4 members (excludes halogenated alkanes) is 2. The Balaban J connectivity index is 3.68. The summed E-state index contributed by atoms with van der Waals surface area (Å²) in [7, 11) is -1.69. The van der Waals surface area contributed by atoms with E-state index in [1.165, 1.54) is 5.06 Å². The van der Waals surface area contributed by atoms with Gasteiger partial charge < -0.3 is 0 Å². The summed E-state index contributed by atoms with van der Waals surface area (Å²) in [5.74, 6) is 0.0190. The zero-order valence-corrected chi connectivity index (χ0v) is 9.43. The summed E-state index contributed by atoms with van der Waals surface area (Å²) in [4.78, 5) is 0. The normalized spacial score (nSPS) is 12.3. The third kappa shape index (κ3) is 6.98. The first kappa shape index (κ1) is 12.9. The number of hydroxylamine groups is 2. The molecule has 0 spiro atoms. The highest BCUT2D eigenvalue weighted by Crippen LogP contribution is 2.00. The molecule has 0 aliphatic carbocycles. The maximum absolute atomic E-state index is 11.0. The van der Waals surface area contributed by atoms with E-state index in [2.05, 4.69) is 6.92 Å². The number of hydrogen-bond acceptors (Lipinski definition) is 4. The van der Waals surface area contributed by atoms with Crippen LogP contribution >= 0.6 is 0 Å². The molecule has 0 aliphatic rings. The van der Waals surface area contributed by atoms with E-state index in [0.717, 1.165) is 19.3 Å². The SMILES string of the molecule is CCCCCN(C)OS(=O)(=O)CC. The van der Waals surface area contributed by atoms with Crippen molar-refractivity contribution < 1.29 is 12.7 Å². The van der Waals surface area contributed by atoms with Crippen molar-refractivity contribution in [3.8, 4) is 0 Å². The third-order valence-electron chi connectivity index (χ3n) is 1.67. The van der Waals surface area contributed by atoms with Crippen molar-refractivity contribution >= 4 is 10.1 Å². The van der Waals surface area contributed by atoms with Gasteiger partial charge >= 0.3 is 0 Å². The lowest BCUT2D eigenvalue weighted by Gasteiger charge is -2.14. The molecule has 0 aromatic heterocycles. The Kier molecular flexibility index (Phi) is 6.28. The van der Waals surface area contributed by atoms with Gasteiger partial charge in [-0.3, -0.25) is 0 Å². The lowest BCUT2D eigenvalue weighted by atomic mass is 10.2. The molecule has 0 N–H and O–H groups in total. The van der Waals surface area contributed by atoms with Crippen LogP contribution in [0.2, 0.25) is 0 Å². The maximum Gasteiger partial charge on any atom is 0.283 e. The fourth-order valence-electron chi connectivity index (χ4n) is 0.868. The molecule has 0 unspecified atom stereocenters. The summed E-state index contributed by atoms with van der Waals surface area (Å²) in [6, 6.07) is 0. The molecule has 0 aromatic rings. The molecule has 0 aliphatic heterocycles. The van der Waals surface area contributed by atoms with E-state index >= 15 is 0 Å². The molecule has 0 fully saturated rings. The highest BCUT2D eigenvalue weighted by Gasteiger charge is 2.11. The lowest BCUT2D eigenvalue weighted by molar-refractivity contribution is -0.0248. The zero-order chi connectivity index (χ0) is 10.3. The molecule has 0 heterocycles. The molecule has 0 radical (unpaired) electrons. The van der Waals surface area contributed by atoms with Crippen LogP contribution in [0, 0.1) is 0 Å². The van der Waals surface area contributed by atoms with E-state index in [1.54, 1.807) is 14.0 Å². The highest BCUT2D eigenvalue weighted by atomic mass is 32.2. The Bertz CT molecular complexity index is 213. The maximum atomic E-state index is 11.0. The summed E-state index contributed by atoms with van der Waals surface area (Å²) in [5, 5.41) is 1.38. The first-order chi connectivity index (χ1) is 6.02. The molecular weight excluding hydrogens is 190 g/mol. The Hall–Kier alpha value is -0.130. The molecule has 0 atom stereocenters. The average Bonchev–Trinajstić information content (AvgIpc) is 2.04. The van der Waals surface area contributed by atoms with Gasteiger partial charge in [-0.1, -0.05) is 19.8 Å². The molecule has 80 valence electrons. The lowest BCUT2D eigenvalue weighted by Crippen LogP contribution is -2.25. The molecular formula is C8H19NO3S. The van der Waals surface area contributed by atoms with Gasteiger partial charge in [0.25, 0.3) is 10.1 Å². The van der Waals surface area contributed by atoms with Crippen LogP contribution in [-0.2, 0) is 14.4 Å². The molecule has 0 saturated heterocycles. The second-order valence-electron chi connectivity index (χ2n) is 2.98. The summed E-state index contributed by atoms with van der Waals surface area (Å²) in [6.07, 6.45) is 3.18. The van der Waals surface area contributed by atoms with Gasteiger partial charge in [0.1, 0.15) is 0 Å². The van der Waals surface area contributed by atoms with Crippen molar-refractivity contribution in [2.45, 2.75) is 33.1 Å². The van der Waals surface area contributed by atoms with Crippen molar-refractivity contribution in [3.05, 3.63) is 0 Å². The van der Waals surface area contributed by atoms with Crippen LogP contribution in [0.4, 0.5) is 0 Å². The molecule has 0 bridgehead atoms. The van der Waals surface area contributed by atoms with Gasteiger partial charge in [-0.15, -0.1) is 0 Å². The molecule has 13 heavy (non-hydrogen) atoms. The van der Waals surface area contributed by atoms with Gasteiger partial charge in [-0.25, -0.2) is 0 Å². The molecule has 4 nitrogen and oxygen atoms in total. The van der Waals surface area contributed by atoms with Crippen molar-refractivity contribution in [1.82, 2.24) is 5.06 Å². The second-order valence-corrected chi connectivity index (χ2v) is 4.82. The first-order valence-electron chi connectivity index (χ1n) is 4.65. The average molecular weight is 209 g/mol. The van der Waals surface area contributed by atoms with Gasteiger partial charge in [0.2, 0.25) is 0 Å². The quantitative estimate of drug-likeness (QED) is 0.469. The van der Waals surface area contributed by atoms with E-state index in [4.69, 9.17) is 4.28 Å². The Morgan fingerprint density at radius 1 is 1.23 bits per heavy atom. The zero-order valence-electron chi connectivity index (χ0n) is 8.62. The van der Waals surface area contributed by atoms with Crippen LogP contribution < -0.4 is 0 Å². The number of hydrogen-bond donors (Lipinski definition) is 0. The highest BCUT2D eigenvalue weighted by molar-refractivity contribution is 7.86. The second kappa shape index (κ2) is 6.34. The Labute approximate surface area is 81.0 Å². The van der Waals surface area contributed by atoms with Crippen LogP contribution in [0.1, 0.15) is 33.1 Å². The van der Waals surface area contributed by atoms with E-state index in [-0.39, 0.29) is 5.75 Å². The van der Waals surface area contributed by atoms with E-state index in [1.807, 2.05) is 0 Å². The van der Waals surface area contributed by atoms with Gasteiger partial charge in [-0.2, -0.15) is 17.8 Å². The van der Waals surface area contributed by atoms with E-state index in [9.17, 15) is 8.42 Å². The molecule has 0 aromatic carbocycles. The van der Waals surface area contributed by atoms with Crippen molar-refractivity contribution in [2.75, 3.05) is 19.3 Å². The fourth-order valence-corrected chi connectivity index (χ4v) is 1.44. The monoisotopic (exact) mass is 209 g/mol. The minimum atomic E-state index is -3.33. The minimum Gasteiger partial charge on any atom is -0.198 e. The van der Waals surface area contributed by atoms with Gasteiger partial charge in [0.15, 0.2) is 0 Å². The van der Waals surface area contributed by atoms with Crippen molar-refractivity contribution in [1.29, 1.82) is 0 Å². The van der Waals surface area contributed by atoms with Crippen LogP contribution in [-0.4, -0.2) is 32.8 Å². The van der Waals surface area contributed by atoms with E-state index < -0.39 is 10.1 Å². The van der Waals surface area contributed by atoms with Gasteiger partial charge in [-0.05, 0) is 13.3 Å². The van der Waals surface area contributed by atoms with Gasteiger partial charge in [0, 0.05) is 13.6 Å². The Morgan fingerprint density at radius 3 is 2.31 bits per heavy atom. The summed E-state index contributed by atoms with van der Waals surface area (Å²) in [5.41, 5.74) is 0. The summed E-state index contributed by atoms with van der Waals surface area (Å²) < 4.78 is 26.7. The smallest absolute Gasteiger partial charge is 0.198 e. The standard InChI is InChI=1S/C8H19NO3S/c1-4-6-7-8-9(3)12-13(10,11)5-2/h4-8H2,1-3H3. The predicted octanol–water partition coefficient (Wildman–Crippen LogP) is 1.39. The van der Waals surface area contributed by atoms with Crippen LogP contribution in [0.3, 0.4) is 0 Å².